The van der Waals surface area contributed by atoms with Crippen molar-refractivity contribution in [2.45, 2.75) is 0 Å². The highest BCUT2D eigenvalue weighted by atomic mass is 35.5. The third-order valence-corrected chi connectivity index (χ3v) is 0.630. The third kappa shape index (κ3) is 5.50. The van der Waals surface area contributed by atoms with Crippen LogP contribution < -0.4 is 0 Å². The molecule has 0 aromatic carbocycles. The Balaban J connectivity index is 3.50. The van der Waals surface area contributed by atoms with E-state index in [1.54, 1.807) is 11.1 Å². The van der Waals surface area contributed by atoms with Crippen LogP contribution in [0.3, 0.4) is 0 Å². The predicted octanol–water partition coefficient (Wildman–Crippen LogP) is 0.827. The SMILES string of the molecule is CN(C)/C=C/C(=O)Cl. The minimum absolute atomic E-state index is 0.446. The van der Waals surface area contributed by atoms with Crippen LogP contribution in [0.25, 0.3) is 0 Å². The molecule has 0 rings (SSSR count). The summed E-state index contributed by atoms with van der Waals surface area (Å²) in [7, 11) is 3.63. The zero-order valence-electron chi connectivity index (χ0n) is 4.89. The average molecular weight is 134 g/mol. The van der Waals surface area contributed by atoms with Gasteiger partial charge in [-0.3, -0.25) is 4.79 Å². The largest absolute Gasteiger partial charge is 0.383 e. The van der Waals surface area contributed by atoms with E-state index in [9.17, 15) is 4.79 Å². The van der Waals surface area contributed by atoms with Crippen molar-refractivity contribution < 1.29 is 4.79 Å². The van der Waals surface area contributed by atoms with Gasteiger partial charge in [0.05, 0.1) is 0 Å². The highest BCUT2D eigenvalue weighted by Crippen LogP contribution is 1.83. The van der Waals surface area contributed by atoms with E-state index in [0.717, 1.165) is 0 Å². The topological polar surface area (TPSA) is 20.3 Å². The summed E-state index contributed by atoms with van der Waals surface area (Å²) in [6.07, 6.45) is 2.89. The quantitative estimate of drug-likeness (QED) is 0.411. The molecular formula is C5H8ClNO. The first-order valence-electron chi connectivity index (χ1n) is 2.17. The molecule has 0 atom stereocenters. The first kappa shape index (κ1) is 7.50. The minimum Gasteiger partial charge on any atom is -0.383 e. The van der Waals surface area contributed by atoms with Crippen molar-refractivity contribution >= 4 is 16.8 Å². The number of rotatable bonds is 2. The second-order valence-corrected chi connectivity index (χ2v) is 1.96. The maximum absolute atomic E-state index is 10.0. The Morgan fingerprint density at radius 1 is 1.62 bits per heavy atom. The molecule has 0 bridgehead atoms. The van der Waals surface area contributed by atoms with Crippen molar-refractivity contribution in [3.63, 3.8) is 0 Å². The lowest BCUT2D eigenvalue weighted by Crippen LogP contribution is -2.00. The van der Waals surface area contributed by atoms with Gasteiger partial charge in [0.15, 0.2) is 0 Å². The van der Waals surface area contributed by atoms with Crippen LogP contribution in [-0.2, 0) is 4.79 Å². The normalized spacial score (nSPS) is 9.88. The molecule has 0 saturated heterocycles. The number of carbonyl (C=O) groups excluding carboxylic acids is 1. The summed E-state index contributed by atoms with van der Waals surface area (Å²) < 4.78 is 0. The van der Waals surface area contributed by atoms with Crippen LogP contribution in [0.2, 0.25) is 0 Å². The van der Waals surface area contributed by atoms with Gasteiger partial charge in [0, 0.05) is 26.4 Å². The lowest BCUT2D eigenvalue weighted by atomic mass is 10.6. The van der Waals surface area contributed by atoms with Crippen LogP contribution in [0.4, 0.5) is 0 Å². The zero-order valence-corrected chi connectivity index (χ0v) is 5.64. The summed E-state index contributed by atoms with van der Waals surface area (Å²) >= 11 is 4.97. The minimum atomic E-state index is -0.446. The van der Waals surface area contributed by atoms with E-state index in [0.29, 0.717) is 0 Å². The number of hydrogen-bond donors (Lipinski definition) is 0. The maximum Gasteiger partial charge on any atom is 0.246 e. The molecule has 0 aromatic heterocycles. The van der Waals surface area contributed by atoms with E-state index < -0.39 is 5.24 Å². The average Bonchev–Trinajstić information content (AvgIpc) is 1.61. The Bertz CT molecular complexity index is 109. The molecule has 0 N–H and O–H groups in total. The summed E-state index contributed by atoms with van der Waals surface area (Å²) in [5.74, 6) is 0. The van der Waals surface area contributed by atoms with Gasteiger partial charge in [-0.1, -0.05) is 0 Å². The van der Waals surface area contributed by atoms with Gasteiger partial charge in [-0.15, -0.1) is 0 Å². The molecule has 0 aliphatic rings. The monoisotopic (exact) mass is 133 g/mol. The molecule has 46 valence electrons. The van der Waals surface area contributed by atoms with E-state index in [2.05, 4.69) is 0 Å². The lowest BCUT2D eigenvalue weighted by molar-refractivity contribution is -0.107. The fourth-order valence-electron chi connectivity index (χ4n) is 0.208. The molecule has 0 saturated carbocycles. The molecule has 0 aromatic rings. The van der Waals surface area contributed by atoms with Crippen LogP contribution in [0, 0.1) is 0 Å². The molecule has 8 heavy (non-hydrogen) atoms. The van der Waals surface area contributed by atoms with Gasteiger partial charge in [0.2, 0.25) is 5.24 Å². The fourth-order valence-corrected chi connectivity index (χ4v) is 0.264. The molecule has 0 aliphatic carbocycles. The molecule has 0 heterocycles. The second kappa shape index (κ2) is 3.50. The highest BCUT2D eigenvalue weighted by molar-refractivity contribution is 6.66. The number of nitrogens with zero attached hydrogens (tertiary/aromatic N) is 1. The van der Waals surface area contributed by atoms with Crippen molar-refractivity contribution in [2.24, 2.45) is 0 Å². The Morgan fingerprint density at radius 3 is 2.25 bits per heavy atom. The van der Waals surface area contributed by atoms with Crippen LogP contribution in [0.5, 0.6) is 0 Å². The third-order valence-electron chi connectivity index (χ3n) is 0.504. The van der Waals surface area contributed by atoms with E-state index in [-0.39, 0.29) is 0 Å². The highest BCUT2D eigenvalue weighted by Gasteiger charge is 1.82. The Labute approximate surface area is 53.7 Å². The molecule has 3 heteroatoms. The molecule has 0 unspecified atom stereocenters. The van der Waals surface area contributed by atoms with E-state index in [1.807, 2.05) is 14.1 Å². The van der Waals surface area contributed by atoms with E-state index in [1.165, 1.54) is 6.08 Å². The summed E-state index contributed by atoms with van der Waals surface area (Å²) in [4.78, 5) is 11.7. The predicted molar refractivity (Wildman–Crippen MR) is 33.7 cm³/mol. The maximum atomic E-state index is 10.0. The Morgan fingerprint density at radius 2 is 2.12 bits per heavy atom. The number of hydrogen-bond acceptors (Lipinski definition) is 2. The Kier molecular flexibility index (Phi) is 3.28. The summed E-state index contributed by atoms with van der Waals surface area (Å²) in [6, 6.07) is 0. The molecule has 0 radical (unpaired) electrons. The lowest BCUT2D eigenvalue weighted by Gasteiger charge is -2.00. The standard InChI is InChI=1S/C5H8ClNO/c1-7(2)4-3-5(6)8/h3-4H,1-2H3/b4-3+. The summed E-state index contributed by atoms with van der Waals surface area (Å²) in [6.45, 7) is 0. The van der Waals surface area contributed by atoms with Gasteiger partial charge in [0.25, 0.3) is 0 Å². The van der Waals surface area contributed by atoms with Crippen molar-refractivity contribution in [1.82, 2.24) is 4.90 Å². The number of carbonyl (C=O) groups is 1. The summed E-state index contributed by atoms with van der Waals surface area (Å²) in [5, 5.41) is -0.446. The molecule has 0 fully saturated rings. The van der Waals surface area contributed by atoms with Crippen LogP contribution in [0.15, 0.2) is 12.3 Å². The van der Waals surface area contributed by atoms with Crippen molar-refractivity contribution in [3.8, 4) is 0 Å². The van der Waals surface area contributed by atoms with Gasteiger partial charge >= 0.3 is 0 Å². The first-order chi connectivity index (χ1) is 3.63. The van der Waals surface area contributed by atoms with E-state index in [4.69, 9.17) is 11.6 Å². The van der Waals surface area contributed by atoms with Crippen LogP contribution in [0.1, 0.15) is 0 Å². The molecular weight excluding hydrogens is 126 g/mol. The van der Waals surface area contributed by atoms with Crippen LogP contribution >= 0.6 is 11.6 Å². The first-order valence-corrected chi connectivity index (χ1v) is 2.55. The molecule has 2 nitrogen and oxygen atoms in total. The van der Waals surface area contributed by atoms with Gasteiger partial charge in [-0.25, -0.2) is 0 Å². The fraction of sp³-hybridized carbons (Fsp3) is 0.400. The summed E-state index contributed by atoms with van der Waals surface area (Å²) in [5.41, 5.74) is 0. The van der Waals surface area contributed by atoms with Crippen molar-refractivity contribution in [3.05, 3.63) is 12.3 Å². The zero-order chi connectivity index (χ0) is 6.57. The van der Waals surface area contributed by atoms with E-state index >= 15 is 0 Å². The second-order valence-electron chi connectivity index (χ2n) is 1.58. The van der Waals surface area contributed by atoms with Gasteiger partial charge in [-0.05, 0) is 11.6 Å². The molecule has 0 amide bonds. The molecule has 0 spiro atoms. The smallest absolute Gasteiger partial charge is 0.246 e. The van der Waals surface area contributed by atoms with Gasteiger partial charge in [-0.2, -0.15) is 0 Å². The Hall–Kier alpha value is -0.500. The van der Waals surface area contributed by atoms with Gasteiger partial charge < -0.3 is 4.90 Å². The van der Waals surface area contributed by atoms with Gasteiger partial charge in [0.1, 0.15) is 0 Å². The van der Waals surface area contributed by atoms with Crippen LogP contribution in [-0.4, -0.2) is 24.2 Å². The van der Waals surface area contributed by atoms with Crippen molar-refractivity contribution in [1.29, 1.82) is 0 Å². The molecule has 0 aliphatic heterocycles. The number of halogens is 1. The number of allylic oxidation sites excluding steroid dienone is 1. The van der Waals surface area contributed by atoms with Crippen molar-refractivity contribution in [2.75, 3.05) is 14.1 Å².